The van der Waals surface area contributed by atoms with Crippen molar-refractivity contribution < 1.29 is 28.9 Å². The van der Waals surface area contributed by atoms with Gasteiger partial charge in [-0.2, -0.15) is 0 Å². The Hall–Kier alpha value is -3.03. The topological polar surface area (TPSA) is 113 Å². The van der Waals surface area contributed by atoms with Crippen LogP contribution in [0.1, 0.15) is 25.5 Å². The van der Waals surface area contributed by atoms with Crippen molar-refractivity contribution in [3.05, 3.63) is 46.3 Å². The van der Waals surface area contributed by atoms with E-state index in [9.17, 15) is 20.1 Å². The van der Waals surface area contributed by atoms with Crippen molar-refractivity contribution in [3.63, 3.8) is 0 Å². The summed E-state index contributed by atoms with van der Waals surface area (Å²) in [6.07, 6.45) is -2.29. The number of fused-ring (bicyclic) bond motifs is 6. The molecule has 0 radical (unpaired) electrons. The molecule has 2 aromatic heterocycles. The molecule has 1 aliphatic heterocycles. The Morgan fingerprint density at radius 1 is 1.00 bits per heavy atom. The zero-order valence-electron chi connectivity index (χ0n) is 14.5. The average molecular weight is 368 g/mol. The van der Waals surface area contributed by atoms with Gasteiger partial charge in [0.2, 0.25) is 0 Å². The monoisotopic (exact) mass is 368 g/mol. The van der Waals surface area contributed by atoms with Gasteiger partial charge in [-0.15, -0.1) is 0 Å². The third-order valence-corrected chi connectivity index (χ3v) is 5.14. The van der Waals surface area contributed by atoms with E-state index in [1.54, 1.807) is 26.0 Å². The molecular weight excluding hydrogens is 352 g/mol. The minimum absolute atomic E-state index is 0.0156. The Bertz CT molecular complexity index is 1290. The molecule has 3 N–H and O–H groups in total. The maximum atomic E-state index is 12.5. The standard InChI is InChI=1S/C20H16O7/c1-20(2)18(23)16(22)10-6-11-13(7-14(10)27-20)26-19(24)15-9-4-3-8(21)5-12(9)25-17(11)15/h3-7,16,18,21-23H,1-2H3/t16-,18+/m0/s1. The summed E-state index contributed by atoms with van der Waals surface area (Å²) in [5.41, 5.74) is -0.308. The summed E-state index contributed by atoms with van der Waals surface area (Å²) in [6.45, 7) is 3.33. The maximum Gasteiger partial charge on any atom is 0.348 e. The number of aliphatic hydroxyl groups is 2. The molecule has 0 saturated carbocycles. The van der Waals surface area contributed by atoms with Gasteiger partial charge in [-0.3, -0.25) is 0 Å². The number of hydrogen-bond donors (Lipinski definition) is 3. The fraction of sp³-hybridized carbons (Fsp3) is 0.250. The third kappa shape index (κ3) is 2.12. The van der Waals surface area contributed by atoms with Crippen molar-refractivity contribution in [1.29, 1.82) is 0 Å². The third-order valence-electron chi connectivity index (χ3n) is 5.14. The highest BCUT2D eigenvalue weighted by molar-refractivity contribution is 6.13. The van der Waals surface area contributed by atoms with Gasteiger partial charge < -0.3 is 28.9 Å². The molecular formula is C20H16O7. The van der Waals surface area contributed by atoms with Crippen LogP contribution in [0.4, 0.5) is 0 Å². The first kappa shape index (κ1) is 16.2. The summed E-state index contributed by atoms with van der Waals surface area (Å²) < 4.78 is 17.1. The first-order valence-corrected chi connectivity index (χ1v) is 8.47. The minimum Gasteiger partial charge on any atom is -0.508 e. The van der Waals surface area contributed by atoms with Crippen LogP contribution in [0.15, 0.2) is 44.0 Å². The quantitative estimate of drug-likeness (QED) is 0.409. The Kier molecular flexibility index (Phi) is 3.01. The molecule has 3 heterocycles. The highest BCUT2D eigenvalue weighted by Gasteiger charge is 2.42. The Morgan fingerprint density at radius 3 is 2.52 bits per heavy atom. The second-order valence-corrected chi connectivity index (χ2v) is 7.36. The smallest absolute Gasteiger partial charge is 0.348 e. The van der Waals surface area contributed by atoms with Crippen molar-refractivity contribution >= 4 is 32.9 Å². The summed E-state index contributed by atoms with van der Waals surface area (Å²) in [5.74, 6) is 0.350. The van der Waals surface area contributed by atoms with E-state index in [1.165, 1.54) is 18.2 Å². The van der Waals surface area contributed by atoms with Crippen LogP contribution >= 0.6 is 0 Å². The molecule has 0 bridgehead atoms. The number of phenols is 1. The summed E-state index contributed by atoms with van der Waals surface area (Å²) in [7, 11) is 0. The van der Waals surface area contributed by atoms with Crippen LogP contribution in [0.25, 0.3) is 32.9 Å². The largest absolute Gasteiger partial charge is 0.508 e. The zero-order valence-corrected chi connectivity index (χ0v) is 14.5. The second-order valence-electron chi connectivity index (χ2n) is 7.36. The van der Waals surface area contributed by atoms with E-state index in [1.807, 2.05) is 0 Å². The van der Waals surface area contributed by atoms with E-state index in [4.69, 9.17) is 13.6 Å². The predicted octanol–water partition coefficient (Wildman–Crippen LogP) is 2.96. The number of phenolic OH excluding ortho intramolecular Hbond substituents is 1. The van der Waals surface area contributed by atoms with Gasteiger partial charge in [0.05, 0.1) is 5.39 Å². The van der Waals surface area contributed by atoms with Crippen molar-refractivity contribution in [1.82, 2.24) is 0 Å². The molecule has 5 rings (SSSR count). The second kappa shape index (κ2) is 5.03. The number of rotatable bonds is 0. The Morgan fingerprint density at radius 2 is 1.74 bits per heavy atom. The van der Waals surface area contributed by atoms with Crippen LogP contribution in [0.5, 0.6) is 11.5 Å². The van der Waals surface area contributed by atoms with E-state index >= 15 is 0 Å². The van der Waals surface area contributed by atoms with Crippen molar-refractivity contribution in [3.8, 4) is 11.5 Å². The number of aromatic hydroxyl groups is 1. The number of ether oxygens (including phenoxy) is 1. The van der Waals surface area contributed by atoms with E-state index in [0.717, 1.165) is 0 Å². The Labute approximate surface area is 152 Å². The van der Waals surface area contributed by atoms with Crippen molar-refractivity contribution in [2.45, 2.75) is 31.7 Å². The highest BCUT2D eigenvalue weighted by atomic mass is 16.5. The lowest BCUT2D eigenvalue weighted by molar-refractivity contribution is -0.111. The van der Waals surface area contributed by atoms with Gasteiger partial charge in [0.15, 0.2) is 5.58 Å². The van der Waals surface area contributed by atoms with Gasteiger partial charge in [0, 0.05) is 23.1 Å². The van der Waals surface area contributed by atoms with Crippen LogP contribution < -0.4 is 10.4 Å². The number of benzene rings is 2. The van der Waals surface area contributed by atoms with E-state index in [-0.39, 0.29) is 22.3 Å². The molecule has 7 heteroatoms. The predicted molar refractivity (Wildman–Crippen MR) is 97.1 cm³/mol. The van der Waals surface area contributed by atoms with Crippen LogP contribution in [0, 0.1) is 0 Å². The first-order valence-electron chi connectivity index (χ1n) is 8.47. The fourth-order valence-corrected chi connectivity index (χ4v) is 3.68. The van der Waals surface area contributed by atoms with E-state index < -0.39 is 23.4 Å². The van der Waals surface area contributed by atoms with Crippen LogP contribution in [-0.2, 0) is 0 Å². The molecule has 0 spiro atoms. The van der Waals surface area contributed by atoms with Gasteiger partial charge in [-0.05, 0) is 32.0 Å². The van der Waals surface area contributed by atoms with Crippen molar-refractivity contribution in [2.75, 3.05) is 0 Å². The van der Waals surface area contributed by atoms with Gasteiger partial charge >= 0.3 is 5.63 Å². The SMILES string of the molecule is CC1(C)Oc2cc3oc(=O)c4c5ccc(O)cc5oc4c3cc2[C@H](O)[C@H]1O. The molecule has 2 atom stereocenters. The Balaban J connectivity index is 1.89. The molecule has 27 heavy (non-hydrogen) atoms. The van der Waals surface area contributed by atoms with Gasteiger partial charge in [-0.25, -0.2) is 4.79 Å². The van der Waals surface area contributed by atoms with E-state index in [0.29, 0.717) is 27.7 Å². The summed E-state index contributed by atoms with van der Waals surface area (Å²) in [4.78, 5) is 12.5. The van der Waals surface area contributed by atoms with Gasteiger partial charge in [0.25, 0.3) is 0 Å². The number of furan rings is 1. The summed E-state index contributed by atoms with van der Waals surface area (Å²) in [6, 6.07) is 7.59. The molecule has 0 amide bonds. The number of hydrogen-bond acceptors (Lipinski definition) is 7. The molecule has 2 aromatic carbocycles. The zero-order chi connectivity index (χ0) is 19.1. The lowest BCUT2D eigenvalue weighted by atomic mass is 9.88. The lowest BCUT2D eigenvalue weighted by Crippen LogP contribution is -2.48. The summed E-state index contributed by atoms with van der Waals surface area (Å²) in [5, 5.41) is 31.8. The van der Waals surface area contributed by atoms with Crippen LogP contribution in [-0.4, -0.2) is 27.0 Å². The number of aliphatic hydroxyl groups excluding tert-OH is 2. The minimum atomic E-state index is -1.16. The molecule has 4 aromatic rings. The molecule has 0 fully saturated rings. The molecule has 138 valence electrons. The van der Waals surface area contributed by atoms with Crippen LogP contribution in [0.3, 0.4) is 0 Å². The maximum absolute atomic E-state index is 12.5. The first-order chi connectivity index (χ1) is 12.8. The average Bonchev–Trinajstić information content (AvgIpc) is 2.98. The molecule has 1 aliphatic rings. The van der Waals surface area contributed by atoms with Crippen LogP contribution in [0.2, 0.25) is 0 Å². The lowest BCUT2D eigenvalue weighted by Gasteiger charge is -2.40. The molecule has 0 saturated heterocycles. The van der Waals surface area contributed by atoms with Gasteiger partial charge in [-0.1, -0.05) is 0 Å². The normalized spacial score (nSPS) is 21.5. The molecule has 7 nitrogen and oxygen atoms in total. The summed E-state index contributed by atoms with van der Waals surface area (Å²) >= 11 is 0. The van der Waals surface area contributed by atoms with E-state index in [2.05, 4.69) is 0 Å². The van der Waals surface area contributed by atoms with Crippen molar-refractivity contribution in [2.24, 2.45) is 0 Å². The fourth-order valence-electron chi connectivity index (χ4n) is 3.68. The molecule has 0 unspecified atom stereocenters. The highest BCUT2D eigenvalue weighted by Crippen LogP contribution is 2.43. The van der Waals surface area contributed by atoms with Gasteiger partial charge in [0.1, 0.15) is 45.9 Å². The molecule has 0 aliphatic carbocycles.